The van der Waals surface area contributed by atoms with Gasteiger partial charge in [0.05, 0.1) is 24.9 Å². The minimum absolute atomic E-state index is 0.0996. The average molecular weight is 437 g/mol. The van der Waals surface area contributed by atoms with Gasteiger partial charge in [0.25, 0.3) is 11.8 Å². The fraction of sp³-hybridized carbons (Fsp3) is 0.0870. The van der Waals surface area contributed by atoms with Gasteiger partial charge < -0.3 is 9.47 Å². The number of anilines is 1. The Morgan fingerprint density at radius 1 is 0.935 bits per heavy atom. The molecule has 0 unspecified atom stereocenters. The molecule has 0 saturated carbocycles. The van der Waals surface area contributed by atoms with Crippen molar-refractivity contribution in [2.24, 2.45) is 0 Å². The monoisotopic (exact) mass is 436 g/mol. The number of halogens is 1. The van der Waals surface area contributed by atoms with E-state index in [1.54, 1.807) is 6.07 Å². The lowest BCUT2D eigenvalue weighted by Gasteiger charge is -2.28. The standard InChI is InChI=1S/C23H17ClN2O5/c1-30-19-12-18(20(31-2)11-17(19)24)26-22(28)16(21(27)25-23(26)29)10-14-8-5-7-13-6-3-4-9-15(13)14/h3-12H,1-2H3,(H,25,27,29)/b16-10+. The molecule has 8 heteroatoms. The molecule has 3 aromatic rings. The largest absolute Gasteiger partial charge is 0.495 e. The maximum absolute atomic E-state index is 13.3. The molecule has 156 valence electrons. The van der Waals surface area contributed by atoms with Crippen molar-refractivity contribution in [3.63, 3.8) is 0 Å². The lowest BCUT2D eigenvalue weighted by atomic mass is 10.0. The number of rotatable bonds is 4. The Labute approximate surface area is 182 Å². The van der Waals surface area contributed by atoms with Crippen LogP contribution >= 0.6 is 11.6 Å². The average Bonchev–Trinajstić information content (AvgIpc) is 2.77. The van der Waals surface area contributed by atoms with Gasteiger partial charge in [0.15, 0.2) is 0 Å². The van der Waals surface area contributed by atoms with E-state index in [2.05, 4.69) is 5.32 Å². The number of urea groups is 1. The van der Waals surface area contributed by atoms with Crippen LogP contribution in [0.3, 0.4) is 0 Å². The highest BCUT2D eigenvalue weighted by molar-refractivity contribution is 6.40. The summed E-state index contributed by atoms with van der Waals surface area (Å²) in [7, 11) is 2.79. The lowest BCUT2D eigenvalue weighted by Crippen LogP contribution is -2.54. The zero-order chi connectivity index (χ0) is 22.1. The maximum Gasteiger partial charge on any atom is 0.336 e. The maximum atomic E-state index is 13.3. The molecule has 0 radical (unpaired) electrons. The number of nitrogens with zero attached hydrogens (tertiary/aromatic N) is 1. The van der Waals surface area contributed by atoms with Crippen molar-refractivity contribution >= 4 is 52.0 Å². The number of ether oxygens (including phenoxy) is 2. The van der Waals surface area contributed by atoms with E-state index < -0.39 is 17.8 Å². The fourth-order valence-corrected chi connectivity index (χ4v) is 3.66. The molecule has 0 bridgehead atoms. The van der Waals surface area contributed by atoms with Gasteiger partial charge in [-0.1, -0.05) is 54.1 Å². The van der Waals surface area contributed by atoms with Crippen molar-refractivity contribution < 1.29 is 23.9 Å². The minimum atomic E-state index is -0.896. The third kappa shape index (κ3) is 3.60. The van der Waals surface area contributed by atoms with Crippen molar-refractivity contribution in [1.82, 2.24) is 5.32 Å². The summed E-state index contributed by atoms with van der Waals surface area (Å²) in [6.45, 7) is 0. The summed E-state index contributed by atoms with van der Waals surface area (Å²) in [5.74, 6) is -1.15. The second-order valence-corrected chi connectivity index (χ2v) is 7.09. The van der Waals surface area contributed by atoms with Gasteiger partial charge in [-0.2, -0.15) is 0 Å². The van der Waals surface area contributed by atoms with Gasteiger partial charge in [0.1, 0.15) is 17.1 Å². The molecule has 0 aliphatic carbocycles. The van der Waals surface area contributed by atoms with Gasteiger partial charge >= 0.3 is 6.03 Å². The normalized spacial score (nSPS) is 15.4. The van der Waals surface area contributed by atoms with E-state index in [0.29, 0.717) is 5.56 Å². The highest BCUT2D eigenvalue weighted by Gasteiger charge is 2.38. The van der Waals surface area contributed by atoms with Crippen molar-refractivity contribution in [3.05, 3.63) is 70.8 Å². The molecule has 1 N–H and O–H groups in total. The van der Waals surface area contributed by atoms with Gasteiger partial charge in [-0.25, -0.2) is 9.69 Å². The molecule has 7 nitrogen and oxygen atoms in total. The van der Waals surface area contributed by atoms with Crippen LogP contribution in [0.25, 0.3) is 16.8 Å². The molecule has 1 aliphatic rings. The van der Waals surface area contributed by atoms with E-state index in [4.69, 9.17) is 21.1 Å². The van der Waals surface area contributed by atoms with E-state index in [1.165, 1.54) is 32.4 Å². The zero-order valence-corrected chi connectivity index (χ0v) is 17.4. The number of fused-ring (bicyclic) bond motifs is 1. The van der Waals surface area contributed by atoms with Gasteiger partial charge in [0, 0.05) is 12.1 Å². The number of methoxy groups -OCH3 is 2. The molecule has 1 fully saturated rings. The summed E-state index contributed by atoms with van der Waals surface area (Å²) in [6.07, 6.45) is 1.47. The van der Waals surface area contributed by atoms with E-state index in [0.717, 1.165) is 15.7 Å². The number of nitrogens with one attached hydrogen (secondary N) is 1. The quantitative estimate of drug-likeness (QED) is 0.490. The number of carbonyl (C=O) groups excluding carboxylic acids is 3. The minimum Gasteiger partial charge on any atom is -0.495 e. The van der Waals surface area contributed by atoms with Crippen LogP contribution in [0.2, 0.25) is 5.02 Å². The van der Waals surface area contributed by atoms with Gasteiger partial charge in [-0.15, -0.1) is 0 Å². The van der Waals surface area contributed by atoms with Crippen LogP contribution in [0.5, 0.6) is 11.5 Å². The second kappa shape index (κ2) is 8.12. The summed E-state index contributed by atoms with van der Waals surface area (Å²) < 4.78 is 10.5. The number of barbiturate groups is 1. The van der Waals surface area contributed by atoms with Gasteiger partial charge in [-0.3, -0.25) is 14.9 Å². The predicted octanol–water partition coefficient (Wildman–Crippen LogP) is 4.18. The zero-order valence-electron chi connectivity index (χ0n) is 16.6. The molecule has 0 aromatic heterocycles. The summed E-state index contributed by atoms with van der Waals surface area (Å²) in [5.41, 5.74) is 0.584. The van der Waals surface area contributed by atoms with Crippen LogP contribution in [0.1, 0.15) is 5.56 Å². The molecule has 4 amide bonds. The number of hydrogen-bond donors (Lipinski definition) is 1. The van der Waals surface area contributed by atoms with Crippen molar-refractivity contribution in [1.29, 1.82) is 0 Å². The first-order chi connectivity index (χ1) is 14.9. The number of amides is 4. The number of imide groups is 2. The van der Waals surface area contributed by atoms with E-state index in [-0.39, 0.29) is 27.8 Å². The molecule has 1 heterocycles. The Morgan fingerprint density at radius 3 is 2.39 bits per heavy atom. The van der Waals surface area contributed by atoms with Crippen molar-refractivity contribution in [3.8, 4) is 11.5 Å². The Kier molecular flexibility index (Phi) is 5.35. The topological polar surface area (TPSA) is 84.9 Å². The third-order valence-corrected chi connectivity index (χ3v) is 5.21. The Hall–Kier alpha value is -3.84. The fourth-order valence-electron chi connectivity index (χ4n) is 3.43. The summed E-state index contributed by atoms with van der Waals surface area (Å²) in [6, 6.07) is 15.1. The highest BCUT2D eigenvalue weighted by atomic mass is 35.5. The first kappa shape index (κ1) is 20.4. The molecule has 1 aliphatic heterocycles. The van der Waals surface area contributed by atoms with Crippen LogP contribution in [-0.4, -0.2) is 32.1 Å². The SMILES string of the molecule is COc1cc(N2C(=O)NC(=O)/C(=C\c3cccc4ccccc34)C2=O)c(OC)cc1Cl. The van der Waals surface area contributed by atoms with Gasteiger partial charge in [-0.05, 0) is 22.4 Å². The Morgan fingerprint density at radius 2 is 1.65 bits per heavy atom. The first-order valence-electron chi connectivity index (χ1n) is 9.25. The predicted molar refractivity (Wildman–Crippen MR) is 118 cm³/mol. The molecule has 4 rings (SSSR count). The van der Waals surface area contributed by atoms with Crippen molar-refractivity contribution in [2.75, 3.05) is 19.1 Å². The number of benzene rings is 3. The Bertz CT molecular complexity index is 1260. The molecular weight excluding hydrogens is 420 g/mol. The van der Waals surface area contributed by atoms with Crippen LogP contribution in [0.15, 0.2) is 60.2 Å². The number of hydrogen-bond acceptors (Lipinski definition) is 5. The van der Waals surface area contributed by atoms with Crippen LogP contribution in [0, 0.1) is 0 Å². The van der Waals surface area contributed by atoms with E-state index >= 15 is 0 Å². The van der Waals surface area contributed by atoms with E-state index in [1.807, 2.05) is 36.4 Å². The van der Waals surface area contributed by atoms with Crippen molar-refractivity contribution in [2.45, 2.75) is 0 Å². The summed E-state index contributed by atoms with van der Waals surface area (Å²) in [4.78, 5) is 39.3. The highest BCUT2D eigenvalue weighted by Crippen LogP contribution is 2.39. The molecular formula is C23H17ClN2O5. The van der Waals surface area contributed by atoms with Crippen LogP contribution in [-0.2, 0) is 9.59 Å². The molecule has 3 aromatic carbocycles. The summed E-state index contributed by atoms with van der Waals surface area (Å²) in [5, 5.41) is 4.28. The third-order valence-electron chi connectivity index (χ3n) is 4.92. The molecule has 0 spiro atoms. The molecule has 31 heavy (non-hydrogen) atoms. The summed E-state index contributed by atoms with van der Waals surface area (Å²) >= 11 is 6.13. The lowest BCUT2D eigenvalue weighted by molar-refractivity contribution is -0.122. The Balaban J connectivity index is 1.85. The van der Waals surface area contributed by atoms with Crippen LogP contribution in [0.4, 0.5) is 10.5 Å². The molecule has 0 atom stereocenters. The molecule has 1 saturated heterocycles. The second-order valence-electron chi connectivity index (χ2n) is 6.68. The number of carbonyl (C=O) groups is 3. The van der Waals surface area contributed by atoms with Gasteiger partial charge in [0.2, 0.25) is 0 Å². The smallest absolute Gasteiger partial charge is 0.336 e. The first-order valence-corrected chi connectivity index (χ1v) is 9.63. The van der Waals surface area contributed by atoms with E-state index in [9.17, 15) is 14.4 Å². The van der Waals surface area contributed by atoms with Crippen LogP contribution < -0.4 is 19.7 Å².